The lowest BCUT2D eigenvalue weighted by atomic mass is 10.1. The first kappa shape index (κ1) is 12.5. The lowest BCUT2D eigenvalue weighted by molar-refractivity contribution is 0.223. The van der Waals surface area contributed by atoms with E-state index in [1.54, 1.807) is 11.3 Å². The fourth-order valence-electron chi connectivity index (χ4n) is 1.52. The molecule has 0 spiro atoms. The van der Waals surface area contributed by atoms with Crippen LogP contribution in [-0.4, -0.2) is 5.11 Å². The Morgan fingerprint density at radius 3 is 2.69 bits per heavy atom. The van der Waals surface area contributed by atoms with Crippen LogP contribution < -0.4 is 0 Å². The molecule has 0 radical (unpaired) electrons. The summed E-state index contributed by atoms with van der Waals surface area (Å²) in [6.07, 6.45) is -0.539. The number of benzene rings is 1. The molecule has 2 aromatic rings. The minimum absolute atomic E-state index is 0.539. The molecule has 84 valence electrons. The molecular weight excluding hydrogens is 399 g/mol. The maximum absolute atomic E-state index is 10.3. The molecule has 0 saturated heterocycles. The topological polar surface area (TPSA) is 20.2 Å². The van der Waals surface area contributed by atoms with Gasteiger partial charge in [-0.2, -0.15) is 0 Å². The average Bonchev–Trinajstić information content (AvgIpc) is 2.57. The van der Waals surface area contributed by atoms with Crippen molar-refractivity contribution in [1.29, 1.82) is 0 Å². The first-order valence-corrected chi connectivity index (χ1v) is 7.46. The molecule has 1 N–H and O–H groups in total. The van der Waals surface area contributed by atoms with Crippen molar-refractivity contribution in [2.24, 2.45) is 0 Å². The SMILES string of the molecule is Cc1cc(Br)c(C(O)c2cccc(I)c2)s1. The molecule has 0 bridgehead atoms. The molecule has 1 aromatic carbocycles. The van der Waals surface area contributed by atoms with E-state index in [0.717, 1.165) is 18.5 Å². The van der Waals surface area contributed by atoms with Crippen LogP contribution in [0.4, 0.5) is 0 Å². The van der Waals surface area contributed by atoms with Gasteiger partial charge in [-0.1, -0.05) is 12.1 Å². The van der Waals surface area contributed by atoms with E-state index in [1.807, 2.05) is 37.3 Å². The van der Waals surface area contributed by atoms with Crippen LogP contribution in [0.1, 0.15) is 21.4 Å². The van der Waals surface area contributed by atoms with Gasteiger partial charge in [-0.15, -0.1) is 11.3 Å². The quantitative estimate of drug-likeness (QED) is 0.725. The minimum atomic E-state index is -0.539. The molecule has 0 fully saturated rings. The van der Waals surface area contributed by atoms with E-state index >= 15 is 0 Å². The molecule has 1 atom stereocenters. The van der Waals surface area contributed by atoms with Gasteiger partial charge in [0.15, 0.2) is 0 Å². The number of hydrogen-bond donors (Lipinski definition) is 1. The van der Waals surface area contributed by atoms with Gasteiger partial charge in [0.2, 0.25) is 0 Å². The number of thiophene rings is 1. The van der Waals surface area contributed by atoms with Gasteiger partial charge in [0.1, 0.15) is 6.10 Å². The Balaban J connectivity index is 2.38. The van der Waals surface area contributed by atoms with Gasteiger partial charge in [0.05, 0.1) is 4.88 Å². The highest BCUT2D eigenvalue weighted by molar-refractivity contribution is 14.1. The van der Waals surface area contributed by atoms with Gasteiger partial charge in [0, 0.05) is 12.9 Å². The Kier molecular flexibility index (Phi) is 4.05. The molecule has 1 nitrogen and oxygen atoms in total. The summed E-state index contributed by atoms with van der Waals surface area (Å²) in [5.41, 5.74) is 0.939. The summed E-state index contributed by atoms with van der Waals surface area (Å²) in [6, 6.07) is 9.98. The van der Waals surface area contributed by atoms with Crippen molar-refractivity contribution in [3.05, 3.63) is 53.7 Å². The zero-order valence-electron chi connectivity index (χ0n) is 8.58. The lowest BCUT2D eigenvalue weighted by Gasteiger charge is -2.10. The van der Waals surface area contributed by atoms with E-state index in [2.05, 4.69) is 38.5 Å². The smallest absolute Gasteiger partial charge is 0.114 e. The Bertz CT molecular complexity index is 509. The molecule has 16 heavy (non-hydrogen) atoms. The van der Waals surface area contributed by atoms with Gasteiger partial charge in [-0.05, 0) is 69.2 Å². The van der Waals surface area contributed by atoms with Crippen LogP contribution in [0.25, 0.3) is 0 Å². The van der Waals surface area contributed by atoms with E-state index in [4.69, 9.17) is 0 Å². The highest BCUT2D eigenvalue weighted by Gasteiger charge is 2.16. The number of aliphatic hydroxyl groups excluding tert-OH is 1. The van der Waals surface area contributed by atoms with E-state index in [0.29, 0.717) is 0 Å². The van der Waals surface area contributed by atoms with Crippen LogP contribution >= 0.6 is 49.9 Å². The lowest BCUT2D eigenvalue weighted by Crippen LogP contribution is -1.97. The van der Waals surface area contributed by atoms with Gasteiger partial charge in [0.25, 0.3) is 0 Å². The molecular formula is C12H10BrIOS. The molecule has 0 aliphatic heterocycles. The molecule has 2 rings (SSSR count). The van der Waals surface area contributed by atoms with Crippen LogP contribution in [0.15, 0.2) is 34.8 Å². The molecule has 0 saturated carbocycles. The van der Waals surface area contributed by atoms with E-state index < -0.39 is 6.10 Å². The Hall–Kier alpha value is 0.0900. The van der Waals surface area contributed by atoms with Crippen LogP contribution in [0, 0.1) is 10.5 Å². The van der Waals surface area contributed by atoms with Crippen LogP contribution in [-0.2, 0) is 0 Å². The molecule has 1 heterocycles. The summed E-state index contributed by atoms with van der Waals surface area (Å²) >= 11 is 7.36. The third-order valence-electron chi connectivity index (χ3n) is 2.25. The van der Waals surface area contributed by atoms with Crippen molar-refractivity contribution in [2.45, 2.75) is 13.0 Å². The second-order valence-electron chi connectivity index (χ2n) is 3.53. The van der Waals surface area contributed by atoms with Gasteiger partial charge >= 0.3 is 0 Å². The molecule has 0 aliphatic carbocycles. The maximum atomic E-state index is 10.3. The van der Waals surface area contributed by atoms with Crippen molar-refractivity contribution < 1.29 is 5.11 Å². The summed E-state index contributed by atoms with van der Waals surface area (Å²) in [5.74, 6) is 0. The van der Waals surface area contributed by atoms with Crippen molar-refractivity contribution in [3.63, 3.8) is 0 Å². The Labute approximate surface area is 121 Å². The van der Waals surface area contributed by atoms with Gasteiger partial charge < -0.3 is 5.11 Å². The second-order valence-corrected chi connectivity index (χ2v) is 6.91. The predicted octanol–water partition coefficient (Wildman–Crippen LogP) is 4.51. The molecule has 4 heteroatoms. The normalized spacial score (nSPS) is 12.8. The van der Waals surface area contributed by atoms with E-state index in [-0.39, 0.29) is 0 Å². The minimum Gasteiger partial charge on any atom is -0.383 e. The Morgan fingerprint density at radius 2 is 2.12 bits per heavy atom. The van der Waals surface area contributed by atoms with E-state index in [1.165, 1.54) is 4.88 Å². The van der Waals surface area contributed by atoms with Crippen LogP contribution in [0.2, 0.25) is 0 Å². The predicted molar refractivity (Wildman–Crippen MR) is 80.0 cm³/mol. The summed E-state index contributed by atoms with van der Waals surface area (Å²) in [6.45, 7) is 2.04. The summed E-state index contributed by atoms with van der Waals surface area (Å²) in [4.78, 5) is 2.17. The van der Waals surface area contributed by atoms with Crippen molar-refractivity contribution >= 4 is 49.9 Å². The zero-order valence-corrected chi connectivity index (χ0v) is 13.1. The van der Waals surface area contributed by atoms with Gasteiger partial charge in [-0.3, -0.25) is 0 Å². The van der Waals surface area contributed by atoms with Gasteiger partial charge in [-0.25, -0.2) is 0 Å². The van der Waals surface area contributed by atoms with Crippen molar-refractivity contribution in [2.75, 3.05) is 0 Å². The first-order chi connectivity index (χ1) is 7.58. The highest BCUT2D eigenvalue weighted by Crippen LogP contribution is 2.35. The largest absolute Gasteiger partial charge is 0.383 e. The van der Waals surface area contributed by atoms with Crippen molar-refractivity contribution in [3.8, 4) is 0 Å². The van der Waals surface area contributed by atoms with E-state index in [9.17, 15) is 5.11 Å². The number of aliphatic hydroxyl groups is 1. The summed E-state index contributed by atoms with van der Waals surface area (Å²) in [7, 11) is 0. The number of aryl methyl sites for hydroxylation is 1. The standard InChI is InChI=1S/C12H10BrIOS/c1-7-5-10(13)12(16-7)11(15)8-3-2-4-9(14)6-8/h2-6,11,15H,1H3. The average molecular weight is 409 g/mol. The summed E-state index contributed by atoms with van der Waals surface area (Å²) in [5, 5.41) is 10.3. The molecule has 1 unspecified atom stereocenters. The fraction of sp³-hybridized carbons (Fsp3) is 0.167. The molecule has 0 amide bonds. The maximum Gasteiger partial charge on any atom is 0.114 e. The van der Waals surface area contributed by atoms with Crippen molar-refractivity contribution in [1.82, 2.24) is 0 Å². The van der Waals surface area contributed by atoms with Crippen LogP contribution in [0.5, 0.6) is 0 Å². The number of hydrogen-bond acceptors (Lipinski definition) is 2. The third kappa shape index (κ3) is 2.67. The monoisotopic (exact) mass is 408 g/mol. The Morgan fingerprint density at radius 1 is 1.38 bits per heavy atom. The molecule has 1 aromatic heterocycles. The zero-order chi connectivity index (χ0) is 11.7. The first-order valence-electron chi connectivity index (χ1n) is 4.77. The number of rotatable bonds is 2. The summed E-state index contributed by atoms with van der Waals surface area (Å²) < 4.78 is 2.12. The fourth-order valence-corrected chi connectivity index (χ4v) is 3.97. The van der Waals surface area contributed by atoms with Crippen LogP contribution in [0.3, 0.4) is 0 Å². The number of halogens is 2. The third-order valence-corrected chi connectivity index (χ3v) is 4.94. The highest BCUT2D eigenvalue weighted by atomic mass is 127. The second kappa shape index (κ2) is 5.16. The molecule has 0 aliphatic rings.